The molecule has 2 heterocycles. The zero-order valence-corrected chi connectivity index (χ0v) is 15.4. The Bertz CT molecular complexity index is 652. The lowest BCUT2D eigenvalue weighted by atomic mass is 9.68. The highest BCUT2D eigenvalue weighted by atomic mass is 15.3. The Hall–Kier alpha value is -1.97. The molecular weight excluding hydrogens is 308 g/mol. The molecule has 3 aliphatic rings. The number of rotatable bonds is 4. The Labute approximate surface area is 151 Å². The zero-order chi connectivity index (χ0) is 17.1. The van der Waals surface area contributed by atoms with Crippen LogP contribution in [0.25, 0.3) is 0 Å². The van der Waals surface area contributed by atoms with Crippen molar-refractivity contribution in [3.8, 4) is 0 Å². The molecule has 0 bridgehead atoms. The minimum atomic E-state index is 0.610. The number of likely N-dealkylation sites (tertiary alicyclic amines) is 1. The van der Waals surface area contributed by atoms with Crippen LogP contribution in [-0.2, 0) is 6.54 Å². The van der Waals surface area contributed by atoms with Gasteiger partial charge in [0.25, 0.3) is 0 Å². The topological polar surface area (TPSA) is 30.9 Å². The average Bonchev–Trinajstić information content (AvgIpc) is 3.28. The van der Waals surface area contributed by atoms with Crippen LogP contribution in [0, 0.1) is 5.41 Å². The van der Waals surface area contributed by atoms with Crippen molar-refractivity contribution in [1.82, 2.24) is 10.2 Å². The van der Waals surface area contributed by atoms with E-state index >= 15 is 0 Å². The first-order valence-corrected chi connectivity index (χ1v) is 9.80. The number of nitrogens with zero attached hydrogens (tertiary/aromatic N) is 3. The van der Waals surface area contributed by atoms with Gasteiger partial charge in [0.2, 0.25) is 0 Å². The third-order valence-electron chi connectivity index (χ3n) is 5.99. The summed E-state index contributed by atoms with van der Waals surface area (Å²) in [5.74, 6) is 1.10. The minimum absolute atomic E-state index is 0.610. The first-order chi connectivity index (χ1) is 12.3. The molecule has 0 aromatic heterocycles. The highest BCUT2D eigenvalue weighted by Gasteiger charge is 2.43. The van der Waals surface area contributed by atoms with Crippen molar-refractivity contribution in [3.05, 3.63) is 42.0 Å². The summed E-state index contributed by atoms with van der Waals surface area (Å²) in [6.07, 6.45) is 10.0. The van der Waals surface area contributed by atoms with Crippen LogP contribution in [0.4, 0.5) is 5.69 Å². The van der Waals surface area contributed by atoms with Crippen LogP contribution >= 0.6 is 0 Å². The highest BCUT2D eigenvalue weighted by molar-refractivity contribution is 5.80. The van der Waals surface area contributed by atoms with Gasteiger partial charge in [-0.2, -0.15) is 0 Å². The summed E-state index contributed by atoms with van der Waals surface area (Å²) >= 11 is 0. The first kappa shape index (κ1) is 16.5. The van der Waals surface area contributed by atoms with Gasteiger partial charge in [0, 0.05) is 38.4 Å². The van der Waals surface area contributed by atoms with E-state index in [-0.39, 0.29) is 0 Å². The Kier molecular flexibility index (Phi) is 4.69. The predicted molar refractivity (Wildman–Crippen MR) is 105 cm³/mol. The molecule has 2 aliphatic heterocycles. The molecule has 2 fully saturated rings. The van der Waals surface area contributed by atoms with E-state index < -0.39 is 0 Å². The molecule has 0 radical (unpaired) electrons. The van der Waals surface area contributed by atoms with E-state index in [1.54, 1.807) is 0 Å². The summed E-state index contributed by atoms with van der Waals surface area (Å²) in [5, 5.41) is 3.51. The molecule has 134 valence electrons. The van der Waals surface area contributed by atoms with Crippen LogP contribution in [0.3, 0.4) is 0 Å². The molecule has 4 nitrogen and oxygen atoms in total. The number of nitrogens with one attached hydrogen (secondary N) is 1. The second-order valence-electron chi connectivity index (χ2n) is 7.74. The van der Waals surface area contributed by atoms with Crippen molar-refractivity contribution < 1.29 is 0 Å². The second kappa shape index (κ2) is 7.11. The summed E-state index contributed by atoms with van der Waals surface area (Å²) in [6.45, 7) is 8.23. The molecule has 1 saturated carbocycles. The zero-order valence-electron chi connectivity index (χ0n) is 15.4. The standard InChI is InChI=1S/C21H30N4/c1-2-22-20(25-14-11-21(17-25)9-6-10-21)23-16-18-7-5-8-19(15-18)24-12-3-4-13-24/h3-5,7-8,15H,2,6,9-14,16-17H2,1H3,(H,22,23). The lowest BCUT2D eigenvalue weighted by Crippen LogP contribution is -2.42. The summed E-state index contributed by atoms with van der Waals surface area (Å²) in [6, 6.07) is 8.84. The van der Waals surface area contributed by atoms with E-state index in [4.69, 9.17) is 4.99 Å². The fourth-order valence-corrected chi connectivity index (χ4v) is 4.33. The molecule has 4 rings (SSSR count). The normalized spacial score (nSPS) is 21.9. The number of guanidine groups is 1. The molecular formula is C21H30N4. The van der Waals surface area contributed by atoms with Crippen molar-refractivity contribution in [1.29, 1.82) is 0 Å². The van der Waals surface area contributed by atoms with Gasteiger partial charge in [0.1, 0.15) is 0 Å². The Morgan fingerprint density at radius 2 is 2.04 bits per heavy atom. The number of benzene rings is 1. The molecule has 1 saturated heterocycles. The number of hydrogen-bond acceptors (Lipinski definition) is 2. The molecule has 4 heteroatoms. The SMILES string of the molecule is CCNC(=NCc1cccc(N2CC=CC2)c1)N1CCC2(CCC2)C1. The Balaban J connectivity index is 1.43. The van der Waals surface area contributed by atoms with Gasteiger partial charge in [-0.05, 0) is 49.3 Å². The highest BCUT2D eigenvalue weighted by Crippen LogP contribution is 2.47. The molecule has 0 amide bonds. The van der Waals surface area contributed by atoms with Gasteiger partial charge in [0.15, 0.2) is 5.96 Å². The van der Waals surface area contributed by atoms with E-state index in [1.165, 1.54) is 43.5 Å². The monoisotopic (exact) mass is 338 g/mol. The van der Waals surface area contributed by atoms with Crippen molar-refractivity contribution in [2.24, 2.45) is 10.4 Å². The quantitative estimate of drug-likeness (QED) is 0.518. The summed E-state index contributed by atoms with van der Waals surface area (Å²) in [4.78, 5) is 9.83. The maximum absolute atomic E-state index is 4.95. The van der Waals surface area contributed by atoms with Crippen molar-refractivity contribution in [3.63, 3.8) is 0 Å². The van der Waals surface area contributed by atoms with Crippen LogP contribution < -0.4 is 10.2 Å². The molecule has 1 spiro atoms. The molecule has 0 atom stereocenters. The lowest BCUT2D eigenvalue weighted by Gasteiger charge is -2.38. The molecule has 25 heavy (non-hydrogen) atoms. The predicted octanol–water partition coefficient (Wildman–Crippen LogP) is 3.40. The van der Waals surface area contributed by atoms with E-state index in [0.717, 1.165) is 38.7 Å². The number of hydrogen-bond donors (Lipinski definition) is 1. The maximum Gasteiger partial charge on any atom is 0.194 e. The van der Waals surface area contributed by atoms with Gasteiger partial charge in [-0.1, -0.05) is 30.7 Å². The lowest BCUT2D eigenvalue weighted by molar-refractivity contribution is 0.151. The minimum Gasteiger partial charge on any atom is -0.364 e. The van der Waals surface area contributed by atoms with E-state index in [9.17, 15) is 0 Å². The van der Waals surface area contributed by atoms with Crippen molar-refractivity contribution >= 4 is 11.6 Å². The molecule has 1 aliphatic carbocycles. The molecule has 1 aromatic rings. The van der Waals surface area contributed by atoms with E-state index in [2.05, 4.69) is 58.5 Å². The molecule has 1 aromatic carbocycles. The van der Waals surface area contributed by atoms with Gasteiger partial charge in [-0.3, -0.25) is 0 Å². The second-order valence-corrected chi connectivity index (χ2v) is 7.74. The Morgan fingerprint density at radius 1 is 1.20 bits per heavy atom. The molecule has 0 unspecified atom stereocenters. The van der Waals surface area contributed by atoms with Crippen LogP contribution in [0.1, 0.15) is 38.2 Å². The Morgan fingerprint density at radius 3 is 2.72 bits per heavy atom. The summed E-state index contributed by atoms with van der Waals surface area (Å²) in [5.41, 5.74) is 3.20. The summed E-state index contributed by atoms with van der Waals surface area (Å²) in [7, 11) is 0. The third-order valence-corrected chi connectivity index (χ3v) is 5.99. The van der Waals surface area contributed by atoms with E-state index in [1.807, 2.05) is 0 Å². The van der Waals surface area contributed by atoms with Gasteiger partial charge in [-0.15, -0.1) is 0 Å². The van der Waals surface area contributed by atoms with Crippen molar-refractivity contribution in [2.75, 3.05) is 37.6 Å². The summed E-state index contributed by atoms with van der Waals surface area (Å²) < 4.78 is 0. The number of anilines is 1. The van der Waals surface area contributed by atoms with Crippen LogP contribution in [0.5, 0.6) is 0 Å². The van der Waals surface area contributed by atoms with Gasteiger partial charge in [0.05, 0.1) is 6.54 Å². The third kappa shape index (κ3) is 3.53. The fourth-order valence-electron chi connectivity index (χ4n) is 4.33. The average molecular weight is 338 g/mol. The number of aliphatic imine (C=N–C) groups is 1. The largest absolute Gasteiger partial charge is 0.364 e. The van der Waals surface area contributed by atoms with Gasteiger partial charge < -0.3 is 15.1 Å². The van der Waals surface area contributed by atoms with Crippen LogP contribution in [0.15, 0.2) is 41.4 Å². The van der Waals surface area contributed by atoms with Crippen LogP contribution in [0.2, 0.25) is 0 Å². The fraction of sp³-hybridized carbons (Fsp3) is 0.571. The van der Waals surface area contributed by atoms with Crippen LogP contribution in [-0.4, -0.2) is 43.6 Å². The van der Waals surface area contributed by atoms with E-state index in [0.29, 0.717) is 5.41 Å². The maximum atomic E-state index is 4.95. The first-order valence-electron chi connectivity index (χ1n) is 9.80. The van der Waals surface area contributed by atoms with Gasteiger partial charge in [-0.25, -0.2) is 4.99 Å². The smallest absolute Gasteiger partial charge is 0.194 e. The van der Waals surface area contributed by atoms with Gasteiger partial charge >= 0.3 is 0 Å². The van der Waals surface area contributed by atoms with Crippen molar-refractivity contribution in [2.45, 2.75) is 39.2 Å². The molecule has 1 N–H and O–H groups in total.